The second-order valence-corrected chi connectivity index (χ2v) is 9.59. The van der Waals surface area contributed by atoms with Crippen LogP contribution in [-0.2, 0) is 16.0 Å². The highest BCUT2D eigenvalue weighted by Gasteiger charge is 2.45. The molecule has 1 saturated carbocycles. The molecule has 1 aliphatic carbocycles. The minimum Gasteiger partial charge on any atom is -0.469 e. The third kappa shape index (κ3) is 4.56. The van der Waals surface area contributed by atoms with Crippen molar-refractivity contribution >= 4 is 11.9 Å². The van der Waals surface area contributed by atoms with E-state index in [1.807, 2.05) is 36.4 Å². The van der Waals surface area contributed by atoms with Gasteiger partial charge in [-0.1, -0.05) is 76.1 Å². The average molecular weight is 449 g/mol. The monoisotopic (exact) mass is 448 g/mol. The highest BCUT2D eigenvalue weighted by atomic mass is 16.5. The van der Waals surface area contributed by atoms with E-state index < -0.39 is 0 Å². The number of rotatable bonds is 7. The molecular weight excluding hydrogens is 412 g/mol. The van der Waals surface area contributed by atoms with Gasteiger partial charge in [0, 0.05) is 23.2 Å². The van der Waals surface area contributed by atoms with Crippen LogP contribution in [0.25, 0.3) is 0 Å². The van der Waals surface area contributed by atoms with Crippen LogP contribution in [0, 0.1) is 11.8 Å². The molecule has 176 valence electrons. The Labute approximate surface area is 197 Å². The fourth-order valence-electron chi connectivity index (χ4n) is 5.69. The normalized spacial score (nSPS) is 25.6. The van der Waals surface area contributed by atoms with E-state index in [0.29, 0.717) is 11.8 Å². The summed E-state index contributed by atoms with van der Waals surface area (Å²) >= 11 is 0. The summed E-state index contributed by atoms with van der Waals surface area (Å²) in [5, 5.41) is 3.75. The summed E-state index contributed by atoms with van der Waals surface area (Å²) in [5.74, 6) is 0.827. The maximum absolute atomic E-state index is 13.7. The number of carbonyl (C=O) groups is 2. The van der Waals surface area contributed by atoms with Crippen molar-refractivity contribution in [2.45, 2.75) is 71.1 Å². The van der Waals surface area contributed by atoms with Gasteiger partial charge < -0.3 is 9.64 Å². The van der Waals surface area contributed by atoms with E-state index in [9.17, 15) is 9.59 Å². The predicted molar refractivity (Wildman–Crippen MR) is 130 cm³/mol. The largest absolute Gasteiger partial charge is 0.469 e. The van der Waals surface area contributed by atoms with Crippen LogP contribution in [0.3, 0.4) is 0 Å². The fraction of sp³-hybridized carbons (Fsp3) is 0.500. The number of aryl methyl sites for hydroxylation is 1. The molecule has 0 saturated heterocycles. The molecule has 1 fully saturated rings. The lowest BCUT2D eigenvalue weighted by molar-refractivity contribution is -0.141. The van der Waals surface area contributed by atoms with E-state index in [1.54, 1.807) is 0 Å². The predicted octanol–water partition coefficient (Wildman–Crippen LogP) is 5.42. The summed E-state index contributed by atoms with van der Waals surface area (Å²) in [6, 6.07) is 16.1. The molecule has 0 spiro atoms. The molecule has 5 heteroatoms. The summed E-state index contributed by atoms with van der Waals surface area (Å²) in [5.41, 5.74) is 4.05. The molecule has 5 nitrogen and oxygen atoms in total. The quantitative estimate of drug-likeness (QED) is 0.575. The van der Waals surface area contributed by atoms with E-state index in [0.717, 1.165) is 36.0 Å². The van der Waals surface area contributed by atoms with E-state index in [-0.39, 0.29) is 36.5 Å². The number of benzene rings is 2. The standard InChI is InChI=1S/C28H36N2O3/c1-5-20-12-6-7-13-21(20)24(17-26(31)33-4)29-27-22-14-8-9-15-23(22)28(32)30(27)25-16-10-11-18(2)19(25)3/h6-9,12-15,18-19,24-25,27,29H,5,10-11,16-17H2,1-4H3/t18-,19+,24-,25+,27-/m0/s1. The number of esters is 1. The van der Waals surface area contributed by atoms with Gasteiger partial charge in [0.15, 0.2) is 0 Å². The number of hydrogen-bond donors (Lipinski definition) is 1. The van der Waals surface area contributed by atoms with Crippen molar-refractivity contribution in [1.82, 2.24) is 10.2 Å². The first-order chi connectivity index (χ1) is 16.0. The first-order valence-corrected chi connectivity index (χ1v) is 12.3. The van der Waals surface area contributed by atoms with Gasteiger partial charge in [0.25, 0.3) is 5.91 Å². The lowest BCUT2D eigenvalue weighted by Gasteiger charge is -2.43. The zero-order valence-electron chi connectivity index (χ0n) is 20.2. The Kier molecular flexibility index (Phi) is 7.18. The SMILES string of the molecule is CCc1ccccc1[C@H](CC(=O)OC)N[C@@H]1c2ccccc2C(=O)N1[C@@H]1CCC[C@H](C)[C@H]1C. The van der Waals surface area contributed by atoms with Gasteiger partial charge in [-0.05, 0) is 41.9 Å². The van der Waals surface area contributed by atoms with Crippen molar-refractivity contribution < 1.29 is 14.3 Å². The molecule has 0 aromatic heterocycles. The molecule has 2 aromatic carbocycles. The topological polar surface area (TPSA) is 58.6 Å². The molecule has 1 heterocycles. The Morgan fingerprint density at radius 2 is 1.85 bits per heavy atom. The van der Waals surface area contributed by atoms with E-state index in [2.05, 4.69) is 43.1 Å². The van der Waals surface area contributed by atoms with Crippen molar-refractivity contribution in [2.75, 3.05) is 7.11 Å². The Morgan fingerprint density at radius 1 is 1.12 bits per heavy atom. The minimum atomic E-state index is -0.272. The van der Waals surface area contributed by atoms with Gasteiger partial charge in [-0.3, -0.25) is 14.9 Å². The van der Waals surface area contributed by atoms with Crippen LogP contribution in [0.1, 0.15) is 85.7 Å². The van der Waals surface area contributed by atoms with Gasteiger partial charge >= 0.3 is 5.97 Å². The summed E-state index contributed by atoms with van der Waals surface area (Å²) < 4.78 is 5.05. The number of methoxy groups -OCH3 is 1. The van der Waals surface area contributed by atoms with Crippen LogP contribution in [-0.4, -0.2) is 29.9 Å². The van der Waals surface area contributed by atoms with Crippen molar-refractivity contribution in [2.24, 2.45) is 11.8 Å². The van der Waals surface area contributed by atoms with Crippen LogP contribution in [0.15, 0.2) is 48.5 Å². The van der Waals surface area contributed by atoms with Crippen LogP contribution < -0.4 is 5.32 Å². The van der Waals surface area contributed by atoms with Crippen molar-refractivity contribution in [3.05, 3.63) is 70.8 Å². The molecular formula is C28H36N2O3. The van der Waals surface area contributed by atoms with Crippen LogP contribution in [0.5, 0.6) is 0 Å². The van der Waals surface area contributed by atoms with Gasteiger partial charge in [-0.25, -0.2) is 0 Å². The first kappa shape index (κ1) is 23.5. The van der Waals surface area contributed by atoms with Crippen LogP contribution in [0.4, 0.5) is 0 Å². The van der Waals surface area contributed by atoms with E-state index in [4.69, 9.17) is 4.74 Å². The zero-order chi connectivity index (χ0) is 23.5. The summed E-state index contributed by atoms with van der Waals surface area (Å²) in [6.07, 6.45) is 4.16. The molecule has 4 rings (SSSR count). The molecule has 1 amide bonds. The number of amides is 1. The van der Waals surface area contributed by atoms with E-state index >= 15 is 0 Å². The molecule has 0 bridgehead atoms. The van der Waals surface area contributed by atoms with Gasteiger partial charge in [-0.15, -0.1) is 0 Å². The van der Waals surface area contributed by atoms with Gasteiger partial charge in [0.05, 0.1) is 13.5 Å². The van der Waals surface area contributed by atoms with Crippen molar-refractivity contribution in [3.8, 4) is 0 Å². The van der Waals surface area contributed by atoms with Gasteiger partial charge in [0.2, 0.25) is 0 Å². The fourth-order valence-corrected chi connectivity index (χ4v) is 5.69. The molecule has 1 N–H and O–H groups in total. The second kappa shape index (κ2) is 10.1. The van der Waals surface area contributed by atoms with Crippen molar-refractivity contribution in [1.29, 1.82) is 0 Å². The lowest BCUT2D eigenvalue weighted by atomic mass is 9.77. The minimum absolute atomic E-state index is 0.0923. The third-order valence-corrected chi connectivity index (χ3v) is 7.79. The number of hydrogen-bond acceptors (Lipinski definition) is 4. The Bertz CT molecular complexity index is 1000. The van der Waals surface area contributed by atoms with Gasteiger partial charge in [-0.2, -0.15) is 0 Å². The van der Waals surface area contributed by atoms with Crippen LogP contribution in [0.2, 0.25) is 0 Å². The maximum atomic E-state index is 13.7. The highest BCUT2D eigenvalue weighted by molar-refractivity contribution is 5.99. The molecule has 5 atom stereocenters. The lowest BCUT2D eigenvalue weighted by Crippen LogP contribution is -2.50. The Balaban J connectivity index is 1.74. The summed E-state index contributed by atoms with van der Waals surface area (Å²) in [6.45, 7) is 6.70. The van der Waals surface area contributed by atoms with Crippen molar-refractivity contribution in [3.63, 3.8) is 0 Å². The Hall–Kier alpha value is -2.66. The summed E-state index contributed by atoms with van der Waals surface area (Å²) in [4.78, 5) is 28.2. The number of fused-ring (bicyclic) bond motifs is 1. The molecule has 2 aliphatic rings. The first-order valence-electron chi connectivity index (χ1n) is 12.3. The molecule has 33 heavy (non-hydrogen) atoms. The second-order valence-electron chi connectivity index (χ2n) is 9.59. The summed E-state index contributed by atoms with van der Waals surface area (Å²) in [7, 11) is 1.43. The van der Waals surface area contributed by atoms with Gasteiger partial charge in [0.1, 0.15) is 6.17 Å². The zero-order valence-corrected chi connectivity index (χ0v) is 20.2. The number of ether oxygens (including phenoxy) is 1. The molecule has 2 aromatic rings. The molecule has 0 radical (unpaired) electrons. The Morgan fingerprint density at radius 3 is 2.61 bits per heavy atom. The maximum Gasteiger partial charge on any atom is 0.307 e. The smallest absolute Gasteiger partial charge is 0.307 e. The van der Waals surface area contributed by atoms with Crippen LogP contribution >= 0.6 is 0 Å². The molecule has 0 unspecified atom stereocenters. The third-order valence-electron chi connectivity index (χ3n) is 7.79. The number of nitrogens with zero attached hydrogens (tertiary/aromatic N) is 1. The molecule has 1 aliphatic heterocycles. The highest BCUT2D eigenvalue weighted by Crippen LogP contribution is 2.42. The number of nitrogens with one attached hydrogen (secondary N) is 1. The van der Waals surface area contributed by atoms with E-state index in [1.165, 1.54) is 19.1 Å². The average Bonchev–Trinajstić information content (AvgIpc) is 3.11. The number of carbonyl (C=O) groups excluding carboxylic acids is 2.